The predicted molar refractivity (Wildman–Crippen MR) is 84.0 cm³/mol. The van der Waals surface area contributed by atoms with Crippen LogP contribution in [0.1, 0.15) is 31.7 Å². The number of rotatable bonds is 5. The highest BCUT2D eigenvalue weighted by molar-refractivity contribution is 7.92. The minimum absolute atomic E-state index is 0.0507. The van der Waals surface area contributed by atoms with E-state index in [0.29, 0.717) is 17.2 Å². The van der Waals surface area contributed by atoms with Gasteiger partial charge in [0, 0.05) is 11.1 Å². The molecule has 1 saturated heterocycles. The number of sulfone groups is 1. The Kier molecular flexibility index (Phi) is 5.47. The molecule has 1 aliphatic rings. The number of hydrogen-bond acceptors (Lipinski definition) is 3. The van der Waals surface area contributed by atoms with Gasteiger partial charge in [-0.1, -0.05) is 43.1 Å². The number of halogens is 1. The first-order chi connectivity index (χ1) is 9.54. The van der Waals surface area contributed by atoms with Crippen LogP contribution in [-0.2, 0) is 16.3 Å². The van der Waals surface area contributed by atoms with E-state index in [9.17, 15) is 8.42 Å². The van der Waals surface area contributed by atoms with E-state index in [4.69, 9.17) is 11.6 Å². The van der Waals surface area contributed by atoms with Gasteiger partial charge in [0.1, 0.15) is 0 Å². The molecule has 0 amide bonds. The zero-order valence-corrected chi connectivity index (χ0v) is 13.4. The zero-order valence-electron chi connectivity index (χ0n) is 11.8. The first kappa shape index (κ1) is 15.8. The fraction of sp³-hybridized carbons (Fsp3) is 0.600. The molecule has 5 heteroatoms. The highest BCUT2D eigenvalue weighted by atomic mass is 35.5. The van der Waals surface area contributed by atoms with E-state index in [2.05, 4.69) is 5.32 Å². The third-order valence-electron chi connectivity index (χ3n) is 3.94. The van der Waals surface area contributed by atoms with Crippen molar-refractivity contribution in [1.29, 1.82) is 0 Å². The van der Waals surface area contributed by atoms with Gasteiger partial charge in [-0.2, -0.15) is 0 Å². The molecule has 2 atom stereocenters. The van der Waals surface area contributed by atoms with Gasteiger partial charge in [-0.3, -0.25) is 0 Å². The minimum Gasteiger partial charge on any atom is -0.313 e. The molecule has 0 aromatic heterocycles. The summed E-state index contributed by atoms with van der Waals surface area (Å²) >= 11 is 6.20. The van der Waals surface area contributed by atoms with Crippen LogP contribution in [0.15, 0.2) is 24.3 Å². The van der Waals surface area contributed by atoms with Gasteiger partial charge in [0.2, 0.25) is 0 Å². The van der Waals surface area contributed by atoms with Crippen molar-refractivity contribution in [2.45, 2.75) is 43.9 Å². The fourth-order valence-corrected chi connectivity index (χ4v) is 5.27. The van der Waals surface area contributed by atoms with E-state index in [-0.39, 0.29) is 11.3 Å². The molecule has 1 heterocycles. The first-order valence-electron chi connectivity index (χ1n) is 7.23. The quantitative estimate of drug-likeness (QED) is 0.909. The van der Waals surface area contributed by atoms with Crippen molar-refractivity contribution in [2.75, 3.05) is 12.3 Å². The van der Waals surface area contributed by atoms with Crippen molar-refractivity contribution in [3.8, 4) is 0 Å². The van der Waals surface area contributed by atoms with E-state index < -0.39 is 9.84 Å². The second-order valence-electron chi connectivity index (χ2n) is 5.36. The van der Waals surface area contributed by atoms with E-state index in [0.717, 1.165) is 31.4 Å². The summed E-state index contributed by atoms with van der Waals surface area (Å²) in [6, 6.07) is 7.62. The van der Waals surface area contributed by atoms with Crippen molar-refractivity contribution in [3.63, 3.8) is 0 Å². The Hall–Kier alpha value is -0.580. The average Bonchev–Trinajstić information content (AvgIpc) is 2.40. The molecule has 0 radical (unpaired) electrons. The Balaban J connectivity index is 2.20. The van der Waals surface area contributed by atoms with E-state index in [1.54, 1.807) is 0 Å². The van der Waals surface area contributed by atoms with Gasteiger partial charge in [0.15, 0.2) is 9.84 Å². The Morgan fingerprint density at radius 3 is 2.75 bits per heavy atom. The van der Waals surface area contributed by atoms with Crippen molar-refractivity contribution >= 4 is 21.4 Å². The second-order valence-corrected chi connectivity index (χ2v) is 8.11. The highest BCUT2D eigenvalue weighted by Crippen LogP contribution is 2.26. The molecule has 1 fully saturated rings. The molecule has 2 unspecified atom stereocenters. The minimum atomic E-state index is -2.98. The van der Waals surface area contributed by atoms with Crippen LogP contribution >= 0.6 is 11.6 Å². The maximum atomic E-state index is 12.3. The summed E-state index contributed by atoms with van der Waals surface area (Å²) in [5.74, 6) is 0.322. The molecular formula is C15H22ClNO2S. The Morgan fingerprint density at radius 2 is 2.10 bits per heavy atom. The predicted octanol–water partition coefficient (Wildman–Crippen LogP) is 2.83. The van der Waals surface area contributed by atoms with Crippen LogP contribution in [0.3, 0.4) is 0 Å². The summed E-state index contributed by atoms with van der Waals surface area (Å²) in [5, 5.41) is 3.77. The van der Waals surface area contributed by atoms with Crippen molar-refractivity contribution in [2.24, 2.45) is 0 Å². The number of likely N-dealkylation sites (N-methyl/N-ethyl adjacent to an activating group) is 1. The van der Waals surface area contributed by atoms with Crippen LogP contribution in [0.5, 0.6) is 0 Å². The monoisotopic (exact) mass is 315 g/mol. The van der Waals surface area contributed by atoms with Crippen molar-refractivity contribution in [1.82, 2.24) is 5.32 Å². The van der Waals surface area contributed by atoms with Crippen LogP contribution in [0.25, 0.3) is 0 Å². The molecule has 1 aromatic carbocycles. The van der Waals surface area contributed by atoms with Crippen LogP contribution in [0.4, 0.5) is 0 Å². The Bertz CT molecular complexity index is 545. The molecule has 0 aliphatic carbocycles. The van der Waals surface area contributed by atoms with E-state index in [1.165, 1.54) is 0 Å². The molecule has 3 nitrogen and oxygen atoms in total. The maximum absolute atomic E-state index is 12.3. The van der Waals surface area contributed by atoms with Crippen LogP contribution < -0.4 is 5.32 Å². The fourth-order valence-electron chi connectivity index (χ4n) is 2.93. The first-order valence-corrected chi connectivity index (χ1v) is 9.32. The summed E-state index contributed by atoms with van der Waals surface area (Å²) in [5.41, 5.74) is 1.01. The molecular weight excluding hydrogens is 294 g/mol. The van der Waals surface area contributed by atoms with Crippen LogP contribution in [0.2, 0.25) is 5.02 Å². The van der Waals surface area contributed by atoms with Gasteiger partial charge in [-0.05, 0) is 37.4 Å². The summed E-state index contributed by atoms with van der Waals surface area (Å²) < 4.78 is 24.6. The van der Waals surface area contributed by atoms with Gasteiger partial charge in [0.25, 0.3) is 0 Å². The lowest BCUT2D eigenvalue weighted by Gasteiger charge is -2.31. The third-order valence-corrected chi connectivity index (χ3v) is 6.65. The molecule has 0 saturated carbocycles. The largest absolute Gasteiger partial charge is 0.313 e. The van der Waals surface area contributed by atoms with E-state index in [1.807, 2.05) is 31.2 Å². The average molecular weight is 316 g/mol. The molecule has 20 heavy (non-hydrogen) atoms. The number of benzene rings is 1. The number of hydrogen-bond donors (Lipinski definition) is 1. The van der Waals surface area contributed by atoms with Crippen molar-refractivity contribution in [3.05, 3.63) is 34.9 Å². The van der Waals surface area contributed by atoms with Gasteiger partial charge < -0.3 is 5.32 Å². The molecule has 0 bridgehead atoms. The third kappa shape index (κ3) is 3.74. The van der Waals surface area contributed by atoms with Gasteiger partial charge >= 0.3 is 0 Å². The Labute approximate surface area is 126 Å². The molecule has 112 valence electrons. The standard InChI is InChI=1S/C15H22ClNO2S/c1-2-17-14(11-12-7-3-4-8-13(12)16)15-9-5-6-10-20(15,18)19/h3-4,7-8,14-15,17H,2,5-6,9-11H2,1H3. The smallest absolute Gasteiger partial charge is 0.154 e. The molecule has 2 rings (SSSR count). The lowest BCUT2D eigenvalue weighted by Crippen LogP contribution is -2.47. The summed E-state index contributed by atoms with van der Waals surface area (Å²) in [7, 11) is -2.98. The lowest BCUT2D eigenvalue weighted by atomic mass is 9.99. The van der Waals surface area contributed by atoms with Crippen LogP contribution in [-0.4, -0.2) is 32.0 Å². The van der Waals surface area contributed by atoms with Gasteiger partial charge in [-0.25, -0.2) is 8.42 Å². The molecule has 0 spiro atoms. The summed E-state index contributed by atoms with van der Waals surface area (Å²) in [4.78, 5) is 0. The highest BCUT2D eigenvalue weighted by Gasteiger charge is 2.35. The molecule has 1 N–H and O–H groups in total. The molecule has 1 aliphatic heterocycles. The molecule has 1 aromatic rings. The Morgan fingerprint density at radius 1 is 1.35 bits per heavy atom. The van der Waals surface area contributed by atoms with Gasteiger partial charge in [0.05, 0.1) is 11.0 Å². The second kappa shape index (κ2) is 6.92. The SMILES string of the molecule is CCNC(Cc1ccccc1Cl)C1CCCCS1(=O)=O. The van der Waals surface area contributed by atoms with Crippen molar-refractivity contribution < 1.29 is 8.42 Å². The summed E-state index contributed by atoms with van der Waals surface area (Å²) in [6.45, 7) is 2.77. The zero-order chi connectivity index (χ0) is 14.6. The topological polar surface area (TPSA) is 46.2 Å². The van der Waals surface area contributed by atoms with Gasteiger partial charge in [-0.15, -0.1) is 0 Å². The van der Waals surface area contributed by atoms with Crippen LogP contribution in [0, 0.1) is 0 Å². The number of nitrogens with one attached hydrogen (secondary N) is 1. The maximum Gasteiger partial charge on any atom is 0.154 e. The van der Waals surface area contributed by atoms with E-state index >= 15 is 0 Å². The normalized spacial score (nSPS) is 23.4. The lowest BCUT2D eigenvalue weighted by molar-refractivity contribution is 0.441. The summed E-state index contributed by atoms with van der Waals surface area (Å²) in [6.07, 6.45) is 3.21.